The smallest absolute Gasteiger partial charge is 0.233 e. The van der Waals surface area contributed by atoms with Gasteiger partial charge in [-0.3, -0.25) is 0 Å². The Labute approximate surface area is 132 Å². The Balaban J connectivity index is 2.18. The lowest BCUT2D eigenvalue weighted by Gasteiger charge is -2.08. The van der Waals surface area contributed by atoms with Gasteiger partial charge >= 0.3 is 6.18 Å². The van der Waals surface area contributed by atoms with E-state index in [0.29, 0.717) is 16.9 Å². The highest BCUT2D eigenvalue weighted by Gasteiger charge is 2.35. The lowest BCUT2D eigenvalue weighted by atomic mass is 10.1. The summed E-state index contributed by atoms with van der Waals surface area (Å²) < 4.78 is 40.5. The molecule has 0 atom stereocenters. The molecule has 3 aromatic rings. The zero-order chi connectivity index (χ0) is 16.6. The quantitative estimate of drug-likeness (QED) is 0.637. The minimum Gasteiger partial charge on any atom is -0.233 e. The maximum Gasteiger partial charge on any atom is 0.435 e. The van der Waals surface area contributed by atoms with Crippen molar-refractivity contribution in [3.05, 3.63) is 71.4 Å². The van der Waals surface area contributed by atoms with E-state index in [9.17, 15) is 13.2 Å². The number of rotatable bonds is 2. The largest absolute Gasteiger partial charge is 0.435 e. The first-order valence-electron chi connectivity index (χ1n) is 7.16. The molecule has 0 aliphatic carbocycles. The van der Waals surface area contributed by atoms with E-state index in [1.807, 2.05) is 38.1 Å². The first kappa shape index (κ1) is 15.3. The molecular formula is C18H15F3N2. The molecule has 0 unspecified atom stereocenters. The minimum atomic E-state index is -4.48. The number of hydrogen-bond acceptors (Lipinski definition) is 1. The van der Waals surface area contributed by atoms with Crippen LogP contribution in [-0.2, 0) is 6.18 Å². The standard InChI is InChI=1S/C18H15F3N2/c1-12-3-7-14(8-4-12)16-11-17(18(19,20)21)22-23(16)15-9-5-13(2)6-10-15/h3-11H,1-2H3. The van der Waals surface area contributed by atoms with Crippen molar-refractivity contribution in [1.29, 1.82) is 0 Å². The predicted molar refractivity (Wildman–Crippen MR) is 83.5 cm³/mol. The van der Waals surface area contributed by atoms with Crippen LogP contribution >= 0.6 is 0 Å². The summed E-state index contributed by atoms with van der Waals surface area (Å²) in [6.45, 7) is 3.86. The maximum atomic E-state index is 13.1. The normalized spacial score (nSPS) is 11.7. The summed E-state index contributed by atoms with van der Waals surface area (Å²) in [6, 6.07) is 15.7. The molecule has 0 saturated heterocycles. The Bertz CT molecular complexity index is 750. The highest BCUT2D eigenvalue weighted by molar-refractivity contribution is 5.63. The number of benzene rings is 2. The van der Waals surface area contributed by atoms with E-state index in [-0.39, 0.29) is 0 Å². The van der Waals surface area contributed by atoms with E-state index in [1.165, 1.54) is 4.68 Å². The molecule has 0 aliphatic heterocycles. The Kier molecular flexibility index (Phi) is 3.72. The SMILES string of the molecule is Cc1ccc(-c2cc(C(F)(F)F)nn2-c2ccc(C)cc2)cc1. The fourth-order valence-corrected chi connectivity index (χ4v) is 2.33. The van der Waals surface area contributed by atoms with Gasteiger partial charge in [0.15, 0.2) is 5.69 Å². The molecule has 0 fully saturated rings. The van der Waals surface area contributed by atoms with Gasteiger partial charge in [0, 0.05) is 5.56 Å². The van der Waals surface area contributed by atoms with E-state index >= 15 is 0 Å². The summed E-state index contributed by atoms with van der Waals surface area (Å²) in [6.07, 6.45) is -4.48. The molecule has 118 valence electrons. The van der Waals surface area contributed by atoms with Gasteiger partial charge in [-0.1, -0.05) is 47.5 Å². The van der Waals surface area contributed by atoms with Crippen LogP contribution in [0.15, 0.2) is 54.6 Å². The van der Waals surface area contributed by atoms with Crippen molar-refractivity contribution in [2.45, 2.75) is 20.0 Å². The average molecular weight is 316 g/mol. The summed E-state index contributed by atoms with van der Waals surface area (Å²) in [4.78, 5) is 0. The molecule has 0 radical (unpaired) electrons. The van der Waals surface area contributed by atoms with Gasteiger partial charge in [-0.15, -0.1) is 0 Å². The molecule has 1 heterocycles. The summed E-state index contributed by atoms with van der Waals surface area (Å²) >= 11 is 0. The third-order valence-corrected chi connectivity index (χ3v) is 3.63. The molecule has 2 nitrogen and oxygen atoms in total. The monoisotopic (exact) mass is 316 g/mol. The number of nitrogens with zero attached hydrogens (tertiary/aromatic N) is 2. The molecule has 0 N–H and O–H groups in total. The van der Waals surface area contributed by atoms with Gasteiger partial charge < -0.3 is 0 Å². The van der Waals surface area contributed by atoms with Crippen LogP contribution in [0, 0.1) is 13.8 Å². The van der Waals surface area contributed by atoms with Crippen LogP contribution in [0.3, 0.4) is 0 Å². The zero-order valence-electron chi connectivity index (χ0n) is 12.7. The third-order valence-electron chi connectivity index (χ3n) is 3.63. The van der Waals surface area contributed by atoms with Gasteiger partial charge in [0.05, 0.1) is 11.4 Å². The van der Waals surface area contributed by atoms with Crippen LogP contribution in [0.1, 0.15) is 16.8 Å². The second-order valence-electron chi connectivity index (χ2n) is 5.53. The fraction of sp³-hybridized carbons (Fsp3) is 0.167. The fourth-order valence-electron chi connectivity index (χ4n) is 2.33. The van der Waals surface area contributed by atoms with Crippen molar-refractivity contribution in [1.82, 2.24) is 9.78 Å². The summed E-state index contributed by atoms with van der Waals surface area (Å²) in [7, 11) is 0. The Morgan fingerprint density at radius 3 is 1.87 bits per heavy atom. The van der Waals surface area contributed by atoms with E-state index in [1.54, 1.807) is 24.3 Å². The highest BCUT2D eigenvalue weighted by Crippen LogP contribution is 2.33. The van der Waals surface area contributed by atoms with Crippen molar-refractivity contribution in [2.75, 3.05) is 0 Å². The first-order chi connectivity index (χ1) is 10.8. The molecule has 1 aromatic heterocycles. The van der Waals surface area contributed by atoms with Gasteiger partial charge in [-0.2, -0.15) is 18.3 Å². The van der Waals surface area contributed by atoms with Crippen molar-refractivity contribution in [3.8, 4) is 16.9 Å². The molecule has 3 rings (SSSR count). The topological polar surface area (TPSA) is 17.8 Å². The first-order valence-corrected chi connectivity index (χ1v) is 7.16. The Morgan fingerprint density at radius 2 is 1.35 bits per heavy atom. The number of aromatic nitrogens is 2. The van der Waals surface area contributed by atoms with E-state index in [4.69, 9.17) is 0 Å². The third kappa shape index (κ3) is 3.13. The molecule has 23 heavy (non-hydrogen) atoms. The molecule has 0 spiro atoms. The van der Waals surface area contributed by atoms with E-state index in [0.717, 1.165) is 17.2 Å². The predicted octanol–water partition coefficient (Wildman–Crippen LogP) is 5.17. The van der Waals surface area contributed by atoms with Crippen molar-refractivity contribution >= 4 is 0 Å². The van der Waals surface area contributed by atoms with Crippen molar-refractivity contribution < 1.29 is 13.2 Å². The number of aryl methyl sites for hydroxylation is 2. The molecule has 5 heteroatoms. The average Bonchev–Trinajstić information content (AvgIpc) is 2.94. The lowest BCUT2D eigenvalue weighted by Crippen LogP contribution is -2.07. The van der Waals surface area contributed by atoms with Crippen LogP contribution in [0.4, 0.5) is 13.2 Å². The van der Waals surface area contributed by atoms with Gasteiger partial charge in [-0.05, 0) is 32.0 Å². The zero-order valence-corrected chi connectivity index (χ0v) is 12.7. The number of hydrogen-bond donors (Lipinski definition) is 0. The summed E-state index contributed by atoms with van der Waals surface area (Å²) in [5.41, 5.74) is 2.90. The van der Waals surface area contributed by atoms with Crippen LogP contribution in [0.5, 0.6) is 0 Å². The van der Waals surface area contributed by atoms with Crippen LogP contribution < -0.4 is 0 Å². The molecule has 0 saturated carbocycles. The Hall–Kier alpha value is -2.56. The van der Waals surface area contributed by atoms with Crippen LogP contribution in [-0.4, -0.2) is 9.78 Å². The van der Waals surface area contributed by atoms with E-state index < -0.39 is 11.9 Å². The van der Waals surface area contributed by atoms with Crippen LogP contribution in [0.25, 0.3) is 16.9 Å². The second kappa shape index (κ2) is 5.57. The number of halogens is 3. The molecule has 0 bridgehead atoms. The van der Waals surface area contributed by atoms with Gasteiger partial charge in [0.2, 0.25) is 0 Å². The molecule has 0 aliphatic rings. The molecule has 0 amide bonds. The van der Waals surface area contributed by atoms with E-state index in [2.05, 4.69) is 5.10 Å². The number of alkyl halides is 3. The van der Waals surface area contributed by atoms with Crippen molar-refractivity contribution in [3.63, 3.8) is 0 Å². The van der Waals surface area contributed by atoms with Gasteiger partial charge in [0.1, 0.15) is 0 Å². The van der Waals surface area contributed by atoms with Gasteiger partial charge in [-0.25, -0.2) is 4.68 Å². The van der Waals surface area contributed by atoms with Gasteiger partial charge in [0.25, 0.3) is 0 Å². The lowest BCUT2D eigenvalue weighted by molar-refractivity contribution is -0.141. The maximum absolute atomic E-state index is 13.1. The van der Waals surface area contributed by atoms with Crippen LogP contribution in [0.2, 0.25) is 0 Å². The summed E-state index contributed by atoms with van der Waals surface area (Å²) in [5.74, 6) is 0. The Morgan fingerprint density at radius 1 is 0.826 bits per heavy atom. The van der Waals surface area contributed by atoms with Crippen molar-refractivity contribution in [2.24, 2.45) is 0 Å². The molecule has 2 aromatic carbocycles. The second-order valence-corrected chi connectivity index (χ2v) is 5.53. The highest BCUT2D eigenvalue weighted by atomic mass is 19.4. The summed E-state index contributed by atoms with van der Waals surface area (Å²) in [5, 5.41) is 3.77. The molecular weight excluding hydrogens is 301 g/mol. The minimum absolute atomic E-state index is 0.418.